The summed E-state index contributed by atoms with van der Waals surface area (Å²) in [5, 5.41) is 29.6. The SMILES string of the molecule is O=C(N[C@@H]1[C@H](O)[C@@H](CO)O[C@H]1n1cnc2c(NCc3cccc4ccccc34)ncnc21)c1ccc(-c2ccccc2)cc1. The molecule has 7 rings (SSSR count). The van der Waals surface area contributed by atoms with Gasteiger partial charge in [0, 0.05) is 12.1 Å². The average molecular weight is 587 g/mol. The van der Waals surface area contributed by atoms with Crippen LogP contribution in [0, 0.1) is 0 Å². The van der Waals surface area contributed by atoms with Gasteiger partial charge < -0.3 is 25.6 Å². The van der Waals surface area contributed by atoms with Crippen LogP contribution in [0.25, 0.3) is 33.1 Å². The summed E-state index contributed by atoms with van der Waals surface area (Å²) < 4.78 is 7.70. The second kappa shape index (κ2) is 11.8. The molecule has 4 atom stereocenters. The molecule has 4 aromatic carbocycles. The number of anilines is 1. The number of imidazole rings is 1. The second-order valence-corrected chi connectivity index (χ2v) is 10.7. The van der Waals surface area contributed by atoms with Crippen molar-refractivity contribution in [1.82, 2.24) is 24.8 Å². The Balaban J connectivity index is 1.13. The maximum absolute atomic E-state index is 13.3. The Morgan fingerprint density at radius 2 is 1.61 bits per heavy atom. The lowest BCUT2D eigenvalue weighted by molar-refractivity contribution is -0.0440. The first-order chi connectivity index (χ1) is 21.6. The van der Waals surface area contributed by atoms with Crippen molar-refractivity contribution >= 4 is 33.7 Å². The first kappa shape index (κ1) is 27.7. The van der Waals surface area contributed by atoms with Crippen LogP contribution in [0.2, 0.25) is 0 Å². The van der Waals surface area contributed by atoms with Crippen LogP contribution >= 0.6 is 0 Å². The summed E-state index contributed by atoms with van der Waals surface area (Å²) in [6.45, 7) is 0.0998. The molecular formula is C34H30N6O4. The molecule has 0 unspecified atom stereocenters. The number of aliphatic hydroxyl groups is 2. The number of carbonyl (C=O) groups is 1. The van der Waals surface area contributed by atoms with Gasteiger partial charge in [-0.2, -0.15) is 0 Å². The maximum Gasteiger partial charge on any atom is 0.251 e. The monoisotopic (exact) mass is 586 g/mol. The standard InChI is InChI=1S/C34H30N6O4/c41-18-27-30(42)28(39-33(43)24-15-13-22(14-16-24)21-7-2-1-3-8-21)34(44-27)40-20-38-29-31(36-19-37-32(29)40)35-17-25-11-6-10-23-9-4-5-12-26(23)25/h1-16,19-20,27-28,30,34,41-42H,17-18H2,(H,39,43)(H,35,36,37)/t27-,28-,30-,34-/m1/s1. The number of hydrogen-bond donors (Lipinski definition) is 4. The van der Waals surface area contributed by atoms with Crippen LogP contribution in [-0.2, 0) is 11.3 Å². The maximum atomic E-state index is 13.3. The molecule has 1 aliphatic rings. The van der Waals surface area contributed by atoms with Gasteiger partial charge in [-0.05, 0) is 39.6 Å². The third kappa shape index (κ3) is 5.15. The summed E-state index contributed by atoms with van der Waals surface area (Å²) in [6, 6.07) is 30.6. The first-order valence-electron chi connectivity index (χ1n) is 14.4. The van der Waals surface area contributed by atoms with Gasteiger partial charge in [-0.15, -0.1) is 0 Å². The van der Waals surface area contributed by atoms with Gasteiger partial charge in [-0.25, -0.2) is 15.0 Å². The van der Waals surface area contributed by atoms with E-state index in [1.54, 1.807) is 23.0 Å². The van der Waals surface area contributed by atoms with E-state index >= 15 is 0 Å². The van der Waals surface area contributed by atoms with Crippen LogP contribution in [0.15, 0.2) is 110 Å². The highest BCUT2D eigenvalue weighted by molar-refractivity contribution is 5.95. The zero-order valence-corrected chi connectivity index (χ0v) is 23.6. The summed E-state index contributed by atoms with van der Waals surface area (Å²) in [5.41, 5.74) is 4.55. The third-order valence-corrected chi connectivity index (χ3v) is 8.06. The van der Waals surface area contributed by atoms with Crippen LogP contribution in [0.4, 0.5) is 5.82 Å². The lowest BCUT2D eigenvalue weighted by Crippen LogP contribution is -2.46. The van der Waals surface area contributed by atoms with E-state index in [0.29, 0.717) is 29.1 Å². The Morgan fingerprint density at radius 1 is 0.864 bits per heavy atom. The fourth-order valence-electron chi connectivity index (χ4n) is 5.76. The number of nitrogens with zero attached hydrogens (tertiary/aromatic N) is 4. The highest BCUT2D eigenvalue weighted by Gasteiger charge is 2.46. The summed E-state index contributed by atoms with van der Waals surface area (Å²) in [7, 11) is 0. The van der Waals surface area contributed by atoms with Crippen LogP contribution in [0.1, 0.15) is 22.1 Å². The first-order valence-corrected chi connectivity index (χ1v) is 14.4. The quantitative estimate of drug-likeness (QED) is 0.207. The Labute approximate surface area is 253 Å². The average Bonchev–Trinajstić information content (AvgIpc) is 3.65. The van der Waals surface area contributed by atoms with Crippen molar-refractivity contribution in [3.63, 3.8) is 0 Å². The van der Waals surface area contributed by atoms with Gasteiger partial charge in [-0.3, -0.25) is 9.36 Å². The normalized spacial score (nSPS) is 19.8. The number of rotatable bonds is 8. The molecule has 10 heteroatoms. The van der Waals surface area contributed by atoms with E-state index < -0.39 is 31.1 Å². The predicted molar refractivity (Wildman–Crippen MR) is 167 cm³/mol. The van der Waals surface area contributed by atoms with Gasteiger partial charge >= 0.3 is 0 Å². The minimum absolute atomic E-state index is 0.377. The molecule has 1 saturated heterocycles. The smallest absolute Gasteiger partial charge is 0.251 e. The molecule has 44 heavy (non-hydrogen) atoms. The van der Waals surface area contributed by atoms with Gasteiger partial charge in [-0.1, -0.05) is 84.9 Å². The van der Waals surface area contributed by atoms with Gasteiger partial charge in [0.1, 0.15) is 24.6 Å². The van der Waals surface area contributed by atoms with Crippen molar-refractivity contribution in [1.29, 1.82) is 0 Å². The minimum atomic E-state index is -1.17. The van der Waals surface area contributed by atoms with Crippen LogP contribution in [0.3, 0.4) is 0 Å². The number of nitrogens with one attached hydrogen (secondary N) is 2. The molecule has 220 valence electrons. The number of amides is 1. The van der Waals surface area contributed by atoms with Crippen LogP contribution in [-0.4, -0.2) is 60.5 Å². The third-order valence-electron chi connectivity index (χ3n) is 8.06. The Morgan fingerprint density at radius 3 is 2.43 bits per heavy atom. The van der Waals surface area contributed by atoms with Gasteiger partial charge in [0.25, 0.3) is 5.91 Å². The Kier molecular flexibility index (Phi) is 7.45. The molecule has 1 aliphatic heterocycles. The molecule has 2 aromatic heterocycles. The number of hydrogen-bond acceptors (Lipinski definition) is 8. The molecule has 0 radical (unpaired) electrons. The van der Waals surface area contributed by atoms with E-state index in [0.717, 1.165) is 27.5 Å². The number of aliphatic hydroxyl groups excluding tert-OH is 2. The van der Waals surface area contributed by atoms with E-state index in [4.69, 9.17) is 4.74 Å². The molecule has 10 nitrogen and oxygen atoms in total. The molecule has 3 heterocycles. The molecule has 0 aliphatic carbocycles. The van der Waals surface area contributed by atoms with E-state index in [1.165, 1.54) is 6.33 Å². The van der Waals surface area contributed by atoms with Crippen molar-refractivity contribution in [3.05, 3.63) is 121 Å². The fourth-order valence-corrected chi connectivity index (χ4v) is 5.76. The molecule has 4 N–H and O–H groups in total. The number of ether oxygens (including phenoxy) is 1. The van der Waals surface area contributed by atoms with Crippen LogP contribution in [0.5, 0.6) is 0 Å². The van der Waals surface area contributed by atoms with Gasteiger partial charge in [0.2, 0.25) is 0 Å². The van der Waals surface area contributed by atoms with E-state index in [-0.39, 0.29) is 5.91 Å². The second-order valence-electron chi connectivity index (χ2n) is 10.7. The molecule has 0 bridgehead atoms. The summed E-state index contributed by atoms with van der Waals surface area (Å²) in [5.74, 6) is 0.162. The molecule has 1 amide bonds. The molecule has 0 saturated carbocycles. The molecular weight excluding hydrogens is 556 g/mol. The Hall–Kier alpha value is -5.16. The van der Waals surface area contributed by atoms with E-state index in [1.807, 2.05) is 60.7 Å². The summed E-state index contributed by atoms with van der Waals surface area (Å²) >= 11 is 0. The number of benzene rings is 4. The van der Waals surface area contributed by atoms with Crippen molar-refractivity contribution in [2.75, 3.05) is 11.9 Å². The van der Waals surface area contributed by atoms with E-state index in [9.17, 15) is 15.0 Å². The fraction of sp³-hybridized carbons (Fsp3) is 0.176. The van der Waals surface area contributed by atoms with Gasteiger partial charge in [0.05, 0.1) is 12.9 Å². The van der Waals surface area contributed by atoms with E-state index in [2.05, 4.69) is 49.9 Å². The lowest BCUT2D eigenvalue weighted by Gasteiger charge is -2.23. The predicted octanol–water partition coefficient (Wildman–Crippen LogP) is 4.31. The molecule has 0 spiro atoms. The van der Waals surface area contributed by atoms with Crippen molar-refractivity contribution in [2.24, 2.45) is 0 Å². The zero-order valence-electron chi connectivity index (χ0n) is 23.6. The summed E-state index contributed by atoms with van der Waals surface area (Å²) in [6.07, 6.45) is 0.0335. The summed E-state index contributed by atoms with van der Waals surface area (Å²) in [4.78, 5) is 26.8. The minimum Gasteiger partial charge on any atom is -0.394 e. The Bertz CT molecular complexity index is 1920. The lowest BCUT2D eigenvalue weighted by atomic mass is 10.0. The number of fused-ring (bicyclic) bond motifs is 2. The topological polar surface area (TPSA) is 134 Å². The number of aromatic nitrogens is 4. The van der Waals surface area contributed by atoms with Crippen LogP contribution < -0.4 is 10.6 Å². The van der Waals surface area contributed by atoms with Gasteiger partial charge in [0.15, 0.2) is 23.2 Å². The molecule has 1 fully saturated rings. The molecule has 6 aromatic rings. The largest absolute Gasteiger partial charge is 0.394 e. The number of carbonyl (C=O) groups excluding carboxylic acids is 1. The van der Waals surface area contributed by atoms with Crippen molar-refractivity contribution in [3.8, 4) is 11.1 Å². The van der Waals surface area contributed by atoms with Crippen molar-refractivity contribution in [2.45, 2.75) is 31.0 Å². The highest BCUT2D eigenvalue weighted by Crippen LogP contribution is 2.33. The van der Waals surface area contributed by atoms with Crippen molar-refractivity contribution < 1.29 is 19.7 Å². The zero-order chi connectivity index (χ0) is 30.0. The highest BCUT2D eigenvalue weighted by atomic mass is 16.5.